The Labute approximate surface area is 129 Å². The molecule has 0 unspecified atom stereocenters. The fourth-order valence-electron chi connectivity index (χ4n) is 1.77. The Morgan fingerprint density at radius 3 is 2.30 bits per heavy atom. The molecule has 0 radical (unpaired) electrons. The molecule has 0 aromatic heterocycles. The van der Waals surface area contributed by atoms with Crippen molar-refractivity contribution < 1.29 is 4.74 Å². The molecule has 0 bridgehead atoms. The largest absolute Gasteiger partial charge is 0.491 e. The summed E-state index contributed by atoms with van der Waals surface area (Å²) in [7, 11) is 0. The number of hydrogen-bond donors (Lipinski definition) is 1. The van der Waals surface area contributed by atoms with E-state index in [1.807, 2.05) is 50.2 Å². The summed E-state index contributed by atoms with van der Waals surface area (Å²) in [5, 5.41) is 4.42. The summed E-state index contributed by atoms with van der Waals surface area (Å²) < 4.78 is 5.61. The second-order valence-electron chi connectivity index (χ2n) is 4.79. The first-order chi connectivity index (χ1) is 9.54. The van der Waals surface area contributed by atoms with Crippen molar-refractivity contribution in [3.05, 3.63) is 58.1 Å². The van der Waals surface area contributed by atoms with Gasteiger partial charge in [0.1, 0.15) is 5.75 Å². The Balaban J connectivity index is 1.95. The molecule has 106 valence electrons. The van der Waals surface area contributed by atoms with E-state index in [9.17, 15) is 0 Å². The van der Waals surface area contributed by atoms with Crippen LogP contribution in [0.15, 0.2) is 42.5 Å². The first-order valence-electron chi connectivity index (χ1n) is 6.49. The molecule has 0 heterocycles. The van der Waals surface area contributed by atoms with Gasteiger partial charge in [0.15, 0.2) is 0 Å². The normalized spacial score (nSPS) is 10.7. The third-order valence-corrected chi connectivity index (χ3v) is 3.45. The average Bonchev–Trinajstić information content (AvgIpc) is 2.41. The molecule has 0 saturated carbocycles. The Morgan fingerprint density at radius 2 is 1.70 bits per heavy atom. The van der Waals surface area contributed by atoms with Crippen LogP contribution in [0.2, 0.25) is 10.0 Å². The lowest BCUT2D eigenvalue weighted by atomic mass is 10.2. The molecule has 0 fully saturated rings. The van der Waals surface area contributed by atoms with E-state index in [1.165, 1.54) is 5.56 Å². The molecule has 4 heteroatoms. The minimum Gasteiger partial charge on any atom is -0.491 e. The molecule has 0 aliphatic heterocycles. The fourth-order valence-corrected chi connectivity index (χ4v) is 2.07. The predicted octanol–water partition coefficient (Wildman–Crippen LogP) is 5.39. The maximum Gasteiger partial charge on any atom is 0.119 e. The quantitative estimate of drug-likeness (QED) is 0.799. The molecule has 0 spiro atoms. The second-order valence-corrected chi connectivity index (χ2v) is 5.61. The predicted molar refractivity (Wildman–Crippen MR) is 86.0 cm³/mol. The molecule has 2 nitrogen and oxygen atoms in total. The van der Waals surface area contributed by atoms with Gasteiger partial charge in [0.25, 0.3) is 0 Å². The Bertz CT molecular complexity index is 567. The minimum atomic E-state index is 0.190. The molecule has 2 aromatic rings. The Hall–Kier alpha value is -1.38. The van der Waals surface area contributed by atoms with Crippen molar-refractivity contribution in [2.45, 2.75) is 26.5 Å². The summed E-state index contributed by atoms with van der Waals surface area (Å²) in [6, 6.07) is 13.6. The lowest BCUT2D eigenvalue weighted by molar-refractivity contribution is 0.242. The first kappa shape index (κ1) is 15.0. The van der Waals surface area contributed by atoms with Gasteiger partial charge in [0.05, 0.1) is 16.1 Å². The standard InChI is InChI=1S/C16H17Cl2NO/c1-11(2)20-14-6-3-12(4-7-14)10-19-13-5-8-15(17)16(18)9-13/h3-9,11,19H,10H2,1-2H3. The third-order valence-electron chi connectivity index (χ3n) is 2.71. The maximum absolute atomic E-state index is 5.98. The van der Waals surface area contributed by atoms with Crippen molar-refractivity contribution in [3.63, 3.8) is 0 Å². The average molecular weight is 310 g/mol. The van der Waals surface area contributed by atoms with Gasteiger partial charge in [-0.1, -0.05) is 35.3 Å². The maximum atomic E-state index is 5.98. The number of ether oxygens (including phenoxy) is 1. The van der Waals surface area contributed by atoms with Crippen LogP contribution in [0, 0.1) is 0 Å². The van der Waals surface area contributed by atoms with Gasteiger partial charge in [-0.15, -0.1) is 0 Å². The highest BCUT2D eigenvalue weighted by molar-refractivity contribution is 6.42. The highest BCUT2D eigenvalue weighted by atomic mass is 35.5. The molecule has 0 aliphatic rings. The fraction of sp³-hybridized carbons (Fsp3) is 0.250. The van der Waals surface area contributed by atoms with Crippen LogP contribution in [0.25, 0.3) is 0 Å². The van der Waals surface area contributed by atoms with Crippen LogP contribution in [0.5, 0.6) is 5.75 Å². The molecule has 0 aliphatic carbocycles. The molecule has 20 heavy (non-hydrogen) atoms. The first-order valence-corrected chi connectivity index (χ1v) is 7.24. The van der Waals surface area contributed by atoms with Gasteiger partial charge in [-0.05, 0) is 49.7 Å². The highest BCUT2D eigenvalue weighted by Gasteiger charge is 2.01. The van der Waals surface area contributed by atoms with E-state index in [-0.39, 0.29) is 6.10 Å². The van der Waals surface area contributed by atoms with Gasteiger partial charge < -0.3 is 10.1 Å². The van der Waals surface area contributed by atoms with E-state index < -0.39 is 0 Å². The molecular weight excluding hydrogens is 293 g/mol. The summed E-state index contributed by atoms with van der Waals surface area (Å²) in [4.78, 5) is 0. The third kappa shape index (κ3) is 4.32. The Morgan fingerprint density at radius 1 is 1.00 bits per heavy atom. The summed E-state index contributed by atoms with van der Waals surface area (Å²) in [6.07, 6.45) is 0.190. The van der Waals surface area contributed by atoms with Crippen LogP contribution < -0.4 is 10.1 Å². The summed E-state index contributed by atoms with van der Waals surface area (Å²) in [5.74, 6) is 0.887. The van der Waals surface area contributed by atoms with E-state index in [4.69, 9.17) is 27.9 Å². The number of rotatable bonds is 5. The monoisotopic (exact) mass is 309 g/mol. The van der Waals surface area contributed by atoms with Crippen LogP contribution in [-0.2, 0) is 6.54 Å². The van der Waals surface area contributed by atoms with Crippen LogP contribution in [0.1, 0.15) is 19.4 Å². The molecule has 0 saturated heterocycles. The molecule has 1 N–H and O–H groups in total. The molecule has 2 aromatic carbocycles. The van der Waals surface area contributed by atoms with Crippen molar-refractivity contribution in [1.29, 1.82) is 0 Å². The number of benzene rings is 2. The summed E-state index contributed by atoms with van der Waals surface area (Å²) >= 11 is 11.9. The molecular formula is C16H17Cl2NO. The van der Waals surface area contributed by atoms with E-state index in [0.29, 0.717) is 10.0 Å². The smallest absolute Gasteiger partial charge is 0.119 e. The number of hydrogen-bond acceptors (Lipinski definition) is 2. The lowest BCUT2D eigenvalue weighted by Crippen LogP contribution is -2.05. The van der Waals surface area contributed by atoms with Crippen molar-refractivity contribution >= 4 is 28.9 Å². The van der Waals surface area contributed by atoms with E-state index in [1.54, 1.807) is 6.07 Å². The molecule has 0 amide bonds. The van der Waals surface area contributed by atoms with Gasteiger partial charge in [-0.25, -0.2) is 0 Å². The van der Waals surface area contributed by atoms with Crippen LogP contribution in [-0.4, -0.2) is 6.10 Å². The number of anilines is 1. The van der Waals surface area contributed by atoms with E-state index >= 15 is 0 Å². The highest BCUT2D eigenvalue weighted by Crippen LogP contribution is 2.25. The lowest BCUT2D eigenvalue weighted by Gasteiger charge is -2.11. The SMILES string of the molecule is CC(C)Oc1ccc(CNc2ccc(Cl)c(Cl)c2)cc1. The molecule has 0 atom stereocenters. The van der Waals surface area contributed by atoms with Gasteiger partial charge in [0.2, 0.25) is 0 Å². The topological polar surface area (TPSA) is 21.3 Å². The second kappa shape index (κ2) is 6.87. The molecule has 2 rings (SSSR count). The van der Waals surface area contributed by atoms with Crippen LogP contribution >= 0.6 is 23.2 Å². The number of nitrogens with one attached hydrogen (secondary N) is 1. The van der Waals surface area contributed by atoms with Crippen molar-refractivity contribution in [2.75, 3.05) is 5.32 Å². The van der Waals surface area contributed by atoms with E-state index in [0.717, 1.165) is 18.0 Å². The summed E-state index contributed by atoms with van der Waals surface area (Å²) in [5.41, 5.74) is 2.12. The van der Waals surface area contributed by atoms with Crippen LogP contribution in [0.4, 0.5) is 5.69 Å². The van der Waals surface area contributed by atoms with Gasteiger partial charge in [-0.2, -0.15) is 0 Å². The zero-order chi connectivity index (χ0) is 14.5. The van der Waals surface area contributed by atoms with Crippen molar-refractivity contribution in [2.24, 2.45) is 0 Å². The van der Waals surface area contributed by atoms with Crippen LogP contribution in [0.3, 0.4) is 0 Å². The van der Waals surface area contributed by atoms with Crippen molar-refractivity contribution in [3.8, 4) is 5.75 Å². The van der Waals surface area contributed by atoms with Gasteiger partial charge >= 0.3 is 0 Å². The van der Waals surface area contributed by atoms with Crippen molar-refractivity contribution in [1.82, 2.24) is 0 Å². The Kier molecular flexibility index (Phi) is 5.16. The zero-order valence-corrected chi connectivity index (χ0v) is 13.0. The minimum absolute atomic E-state index is 0.190. The van der Waals surface area contributed by atoms with E-state index in [2.05, 4.69) is 5.32 Å². The van der Waals surface area contributed by atoms with Gasteiger partial charge in [-0.3, -0.25) is 0 Å². The van der Waals surface area contributed by atoms with Gasteiger partial charge in [0, 0.05) is 12.2 Å². The summed E-state index contributed by atoms with van der Waals surface area (Å²) in [6.45, 7) is 4.75. The number of halogens is 2. The zero-order valence-electron chi connectivity index (χ0n) is 11.5.